The summed E-state index contributed by atoms with van der Waals surface area (Å²) in [5.41, 5.74) is 3.07. The average molecular weight is 601 g/mol. The maximum Gasteiger partial charge on any atom is 0.264 e. The lowest BCUT2D eigenvalue weighted by Crippen LogP contribution is -2.51. The number of sulfonamides is 1. The number of benzene rings is 3. The summed E-state index contributed by atoms with van der Waals surface area (Å²) in [6.45, 7) is 7.56. The van der Waals surface area contributed by atoms with Crippen LogP contribution in [-0.2, 0) is 26.2 Å². The number of hydrogen-bond acceptors (Lipinski definition) is 4. The number of aryl methyl sites for hydroxylation is 2. The molecule has 0 spiro atoms. The molecule has 0 saturated heterocycles. The van der Waals surface area contributed by atoms with Crippen molar-refractivity contribution >= 4 is 43.5 Å². The van der Waals surface area contributed by atoms with Gasteiger partial charge < -0.3 is 10.2 Å². The molecular weight excluding hydrogens is 566 g/mol. The van der Waals surface area contributed by atoms with Crippen molar-refractivity contribution in [1.82, 2.24) is 10.2 Å². The number of hydrogen-bond donors (Lipinski definition) is 1. The molecule has 0 aliphatic heterocycles. The molecule has 202 valence electrons. The van der Waals surface area contributed by atoms with Crippen LogP contribution in [0.3, 0.4) is 0 Å². The van der Waals surface area contributed by atoms with Gasteiger partial charge in [-0.3, -0.25) is 13.9 Å². The second-order valence-electron chi connectivity index (χ2n) is 9.28. The van der Waals surface area contributed by atoms with E-state index in [9.17, 15) is 18.0 Å². The monoisotopic (exact) mass is 599 g/mol. The lowest BCUT2D eigenvalue weighted by molar-refractivity contribution is -0.139. The van der Waals surface area contributed by atoms with Crippen LogP contribution < -0.4 is 9.62 Å². The Balaban J connectivity index is 2.01. The Bertz CT molecular complexity index is 1360. The van der Waals surface area contributed by atoms with E-state index >= 15 is 0 Å². The largest absolute Gasteiger partial charge is 0.354 e. The zero-order valence-electron chi connectivity index (χ0n) is 22.1. The number of rotatable bonds is 11. The minimum absolute atomic E-state index is 0.0868. The molecule has 0 bridgehead atoms. The molecule has 38 heavy (non-hydrogen) atoms. The van der Waals surface area contributed by atoms with Gasteiger partial charge in [0.25, 0.3) is 10.0 Å². The Morgan fingerprint density at radius 2 is 1.55 bits per heavy atom. The van der Waals surface area contributed by atoms with E-state index in [1.54, 1.807) is 43.3 Å². The van der Waals surface area contributed by atoms with Gasteiger partial charge in [0, 0.05) is 17.6 Å². The fraction of sp³-hybridized carbons (Fsp3) is 0.310. The Morgan fingerprint density at radius 3 is 2.13 bits per heavy atom. The molecule has 1 atom stereocenters. The number of nitrogens with zero attached hydrogens (tertiary/aromatic N) is 2. The second kappa shape index (κ2) is 13.1. The fourth-order valence-electron chi connectivity index (χ4n) is 3.89. The molecule has 1 unspecified atom stereocenters. The summed E-state index contributed by atoms with van der Waals surface area (Å²) in [5, 5.41) is 2.84. The van der Waals surface area contributed by atoms with Crippen LogP contribution in [0.25, 0.3) is 0 Å². The Hall–Kier alpha value is -3.17. The molecule has 3 aromatic carbocycles. The van der Waals surface area contributed by atoms with Gasteiger partial charge >= 0.3 is 0 Å². The van der Waals surface area contributed by atoms with Gasteiger partial charge in [0.05, 0.1) is 10.6 Å². The van der Waals surface area contributed by atoms with E-state index in [1.165, 1.54) is 17.0 Å². The van der Waals surface area contributed by atoms with Gasteiger partial charge in [-0.05, 0) is 69.2 Å². The molecule has 0 fully saturated rings. The van der Waals surface area contributed by atoms with Crippen molar-refractivity contribution in [3.05, 3.63) is 94.0 Å². The van der Waals surface area contributed by atoms with Crippen molar-refractivity contribution in [3.63, 3.8) is 0 Å². The van der Waals surface area contributed by atoms with Gasteiger partial charge in [-0.25, -0.2) is 8.42 Å². The van der Waals surface area contributed by atoms with Gasteiger partial charge in [-0.15, -0.1) is 0 Å². The maximum atomic E-state index is 13.9. The molecular formula is C29H34BrN3O4S. The number of carbonyl (C=O) groups is 2. The molecule has 2 amide bonds. The van der Waals surface area contributed by atoms with E-state index in [4.69, 9.17) is 0 Å². The summed E-state index contributed by atoms with van der Waals surface area (Å²) in [6.07, 6.45) is 0.758. The van der Waals surface area contributed by atoms with E-state index in [-0.39, 0.29) is 17.3 Å². The number of anilines is 1. The number of carbonyl (C=O) groups excluding carboxylic acids is 2. The third-order valence-corrected chi connectivity index (χ3v) is 8.45. The highest BCUT2D eigenvalue weighted by molar-refractivity contribution is 9.10. The van der Waals surface area contributed by atoms with Crippen LogP contribution in [0, 0.1) is 13.8 Å². The second-order valence-corrected chi connectivity index (χ2v) is 12.1. The van der Waals surface area contributed by atoms with Crippen molar-refractivity contribution in [2.24, 2.45) is 0 Å². The number of amides is 2. The predicted molar refractivity (Wildman–Crippen MR) is 154 cm³/mol. The van der Waals surface area contributed by atoms with E-state index in [0.29, 0.717) is 12.2 Å². The SMILES string of the molecule is CCCNC(=O)C(C)N(Cc1cccc(Br)c1)C(=O)CN(c1ccc(C)cc1)S(=O)(=O)c1ccc(C)cc1. The third kappa shape index (κ3) is 7.45. The van der Waals surface area contributed by atoms with E-state index in [2.05, 4.69) is 21.2 Å². The highest BCUT2D eigenvalue weighted by atomic mass is 79.9. The summed E-state index contributed by atoms with van der Waals surface area (Å²) < 4.78 is 29.6. The summed E-state index contributed by atoms with van der Waals surface area (Å²) in [5.74, 6) is -0.779. The van der Waals surface area contributed by atoms with E-state index in [1.807, 2.05) is 45.0 Å². The lowest BCUT2D eigenvalue weighted by atomic mass is 10.1. The van der Waals surface area contributed by atoms with Crippen LogP contribution in [0.1, 0.15) is 37.0 Å². The lowest BCUT2D eigenvalue weighted by Gasteiger charge is -2.32. The quantitative estimate of drug-likeness (QED) is 0.328. The van der Waals surface area contributed by atoms with Crippen LogP contribution in [-0.4, -0.2) is 44.3 Å². The van der Waals surface area contributed by atoms with Crippen LogP contribution in [0.4, 0.5) is 5.69 Å². The maximum absolute atomic E-state index is 13.9. The Morgan fingerprint density at radius 1 is 0.947 bits per heavy atom. The summed E-state index contributed by atoms with van der Waals surface area (Å²) in [7, 11) is -4.07. The van der Waals surface area contributed by atoms with Gasteiger partial charge in [-0.1, -0.05) is 70.4 Å². The molecule has 1 N–H and O–H groups in total. The first-order chi connectivity index (χ1) is 18.0. The van der Waals surface area contributed by atoms with E-state index in [0.717, 1.165) is 31.9 Å². The Kier molecular flexibility index (Phi) is 10.1. The standard InChI is InChI=1S/C29H34BrN3O4S/c1-5-17-31-29(35)23(4)32(19-24-7-6-8-25(30)18-24)28(34)20-33(26-13-9-21(2)10-14-26)38(36,37)27-15-11-22(3)12-16-27/h6-16,18,23H,5,17,19-20H2,1-4H3,(H,31,35). The van der Waals surface area contributed by atoms with Crippen molar-refractivity contribution < 1.29 is 18.0 Å². The van der Waals surface area contributed by atoms with Gasteiger partial charge in [0.2, 0.25) is 11.8 Å². The van der Waals surface area contributed by atoms with Gasteiger partial charge in [-0.2, -0.15) is 0 Å². The van der Waals surface area contributed by atoms with Gasteiger partial charge in [0.15, 0.2) is 0 Å². The van der Waals surface area contributed by atoms with E-state index < -0.39 is 28.5 Å². The van der Waals surface area contributed by atoms with Crippen molar-refractivity contribution in [2.45, 2.75) is 51.6 Å². The summed E-state index contributed by atoms with van der Waals surface area (Å²) >= 11 is 3.45. The van der Waals surface area contributed by atoms with Gasteiger partial charge in [0.1, 0.15) is 12.6 Å². The van der Waals surface area contributed by atoms with Crippen molar-refractivity contribution in [3.8, 4) is 0 Å². The summed E-state index contributed by atoms with van der Waals surface area (Å²) in [6, 6.07) is 20.2. The minimum Gasteiger partial charge on any atom is -0.354 e. The molecule has 0 saturated carbocycles. The van der Waals surface area contributed by atoms with Crippen molar-refractivity contribution in [2.75, 3.05) is 17.4 Å². The first-order valence-corrected chi connectivity index (χ1v) is 14.7. The zero-order chi connectivity index (χ0) is 27.9. The molecule has 0 aliphatic rings. The molecule has 0 radical (unpaired) electrons. The molecule has 0 aromatic heterocycles. The highest BCUT2D eigenvalue weighted by Gasteiger charge is 2.32. The fourth-order valence-corrected chi connectivity index (χ4v) is 5.75. The normalized spacial score (nSPS) is 12.0. The van der Waals surface area contributed by atoms with Crippen molar-refractivity contribution in [1.29, 1.82) is 0 Å². The first kappa shape index (κ1) is 29.4. The van der Waals surface area contributed by atoms with Crippen LogP contribution >= 0.6 is 15.9 Å². The zero-order valence-corrected chi connectivity index (χ0v) is 24.6. The third-order valence-electron chi connectivity index (χ3n) is 6.17. The topological polar surface area (TPSA) is 86.8 Å². The Labute approximate surface area is 234 Å². The van der Waals surface area contributed by atoms with Crippen LogP contribution in [0.5, 0.6) is 0 Å². The summed E-state index contributed by atoms with van der Waals surface area (Å²) in [4.78, 5) is 28.3. The highest BCUT2D eigenvalue weighted by Crippen LogP contribution is 2.25. The molecule has 0 heterocycles. The first-order valence-electron chi connectivity index (χ1n) is 12.5. The molecule has 7 nitrogen and oxygen atoms in total. The smallest absolute Gasteiger partial charge is 0.264 e. The molecule has 0 aliphatic carbocycles. The molecule has 9 heteroatoms. The minimum atomic E-state index is -4.07. The van der Waals surface area contributed by atoms with Crippen LogP contribution in [0.15, 0.2) is 82.2 Å². The number of halogens is 1. The molecule has 3 aromatic rings. The average Bonchev–Trinajstić information content (AvgIpc) is 2.89. The molecule has 3 rings (SSSR count). The predicted octanol–water partition coefficient (Wildman–Crippen LogP) is 5.20. The number of nitrogens with one attached hydrogen (secondary N) is 1. The van der Waals surface area contributed by atoms with Crippen LogP contribution in [0.2, 0.25) is 0 Å².